The zero-order valence-corrected chi connectivity index (χ0v) is 12.3. The van der Waals surface area contributed by atoms with Crippen molar-refractivity contribution in [2.24, 2.45) is 11.6 Å². The summed E-state index contributed by atoms with van der Waals surface area (Å²) in [6.45, 7) is 1.72. The quantitative estimate of drug-likeness (QED) is 0.501. The Kier molecular flexibility index (Phi) is 4.90. The first-order chi connectivity index (χ1) is 10.1. The van der Waals surface area contributed by atoms with Crippen molar-refractivity contribution in [1.29, 1.82) is 0 Å². The van der Waals surface area contributed by atoms with E-state index in [1.165, 1.54) is 12.5 Å². The summed E-state index contributed by atoms with van der Waals surface area (Å²) >= 11 is 0. The Hall–Kier alpha value is -1.95. The van der Waals surface area contributed by atoms with Crippen LogP contribution in [0.4, 0.5) is 5.69 Å². The fraction of sp³-hybridized carbons (Fsp3) is 0.533. The van der Waals surface area contributed by atoms with Crippen molar-refractivity contribution < 1.29 is 9.59 Å². The standard InChI is InChI=1S/C15H22N4O2/c1-2-12(20)19(17)14-11(15(16)21)8-9-18-13(14)10-6-4-3-5-7-10/h8-10H,2-7,17H2,1H3,(H2,16,21). The number of hydrogen-bond donors (Lipinski definition) is 2. The highest BCUT2D eigenvalue weighted by molar-refractivity contribution is 6.04. The molecule has 0 bridgehead atoms. The molecule has 0 aliphatic heterocycles. The third-order valence-electron chi connectivity index (χ3n) is 4.02. The maximum absolute atomic E-state index is 11.9. The number of aromatic nitrogens is 1. The smallest absolute Gasteiger partial charge is 0.251 e. The number of carbonyl (C=O) groups excluding carboxylic acids is 2. The maximum Gasteiger partial charge on any atom is 0.251 e. The summed E-state index contributed by atoms with van der Waals surface area (Å²) in [7, 11) is 0. The number of primary amides is 1. The predicted octanol–water partition coefficient (Wildman–Crippen LogP) is 1.84. The van der Waals surface area contributed by atoms with Gasteiger partial charge in [-0.15, -0.1) is 0 Å². The molecule has 1 aliphatic carbocycles. The maximum atomic E-state index is 11.9. The molecule has 0 saturated heterocycles. The molecule has 6 nitrogen and oxygen atoms in total. The molecule has 1 aliphatic rings. The van der Waals surface area contributed by atoms with Gasteiger partial charge in [0.15, 0.2) is 0 Å². The lowest BCUT2D eigenvalue weighted by molar-refractivity contribution is -0.118. The van der Waals surface area contributed by atoms with E-state index in [9.17, 15) is 9.59 Å². The predicted molar refractivity (Wildman–Crippen MR) is 80.5 cm³/mol. The monoisotopic (exact) mass is 290 g/mol. The Morgan fingerprint density at radius 1 is 1.33 bits per heavy atom. The minimum atomic E-state index is -0.594. The van der Waals surface area contributed by atoms with E-state index in [0.717, 1.165) is 36.4 Å². The van der Waals surface area contributed by atoms with Gasteiger partial charge in [-0.2, -0.15) is 0 Å². The van der Waals surface area contributed by atoms with Crippen LogP contribution < -0.4 is 16.6 Å². The molecule has 0 aromatic carbocycles. The second kappa shape index (κ2) is 6.67. The number of pyridine rings is 1. The van der Waals surface area contributed by atoms with Crippen LogP contribution in [0.15, 0.2) is 12.3 Å². The van der Waals surface area contributed by atoms with E-state index in [4.69, 9.17) is 11.6 Å². The summed E-state index contributed by atoms with van der Waals surface area (Å²) in [6.07, 6.45) is 7.28. The average Bonchev–Trinajstić information content (AvgIpc) is 2.53. The lowest BCUT2D eigenvalue weighted by Gasteiger charge is -2.27. The van der Waals surface area contributed by atoms with Crippen molar-refractivity contribution in [3.05, 3.63) is 23.5 Å². The first-order valence-electron chi connectivity index (χ1n) is 7.42. The van der Waals surface area contributed by atoms with Crippen molar-refractivity contribution in [1.82, 2.24) is 4.98 Å². The van der Waals surface area contributed by atoms with Gasteiger partial charge in [-0.3, -0.25) is 14.6 Å². The molecule has 6 heteroatoms. The van der Waals surface area contributed by atoms with Gasteiger partial charge in [0, 0.05) is 18.5 Å². The van der Waals surface area contributed by atoms with Gasteiger partial charge in [-0.25, -0.2) is 10.9 Å². The Morgan fingerprint density at radius 2 is 2.00 bits per heavy atom. The highest BCUT2D eigenvalue weighted by atomic mass is 16.2. The van der Waals surface area contributed by atoms with Crippen LogP contribution in [0.2, 0.25) is 0 Å². The Morgan fingerprint density at radius 3 is 2.57 bits per heavy atom. The molecular formula is C15H22N4O2. The summed E-state index contributed by atoms with van der Waals surface area (Å²) in [6, 6.07) is 1.52. The van der Waals surface area contributed by atoms with E-state index < -0.39 is 5.91 Å². The largest absolute Gasteiger partial charge is 0.366 e. The van der Waals surface area contributed by atoms with E-state index in [1.54, 1.807) is 13.1 Å². The number of nitrogens with zero attached hydrogens (tertiary/aromatic N) is 2. The van der Waals surface area contributed by atoms with Crippen LogP contribution in [0.25, 0.3) is 0 Å². The number of nitrogens with two attached hydrogens (primary N) is 2. The molecular weight excluding hydrogens is 268 g/mol. The molecule has 0 unspecified atom stereocenters. The van der Waals surface area contributed by atoms with E-state index >= 15 is 0 Å². The van der Waals surface area contributed by atoms with E-state index in [1.807, 2.05) is 0 Å². The number of rotatable bonds is 4. The second-order valence-corrected chi connectivity index (χ2v) is 5.41. The summed E-state index contributed by atoms with van der Waals surface area (Å²) in [5.74, 6) is 5.30. The first-order valence-corrected chi connectivity index (χ1v) is 7.42. The normalized spacial score (nSPS) is 15.7. The molecule has 1 aromatic heterocycles. The highest BCUT2D eigenvalue weighted by Gasteiger charge is 2.27. The number of hydrogen-bond acceptors (Lipinski definition) is 4. The summed E-state index contributed by atoms with van der Waals surface area (Å²) in [5.41, 5.74) is 6.79. The molecule has 1 fully saturated rings. The van der Waals surface area contributed by atoms with Gasteiger partial charge in [-0.1, -0.05) is 26.2 Å². The number of carbonyl (C=O) groups is 2. The molecule has 4 N–H and O–H groups in total. The molecule has 21 heavy (non-hydrogen) atoms. The molecule has 0 spiro atoms. The van der Waals surface area contributed by atoms with Gasteiger partial charge >= 0.3 is 0 Å². The van der Waals surface area contributed by atoms with Gasteiger partial charge in [-0.05, 0) is 18.9 Å². The number of anilines is 1. The highest BCUT2D eigenvalue weighted by Crippen LogP contribution is 2.37. The fourth-order valence-corrected chi connectivity index (χ4v) is 2.89. The number of hydrazine groups is 1. The van der Waals surface area contributed by atoms with Gasteiger partial charge in [0.25, 0.3) is 5.91 Å². The fourth-order valence-electron chi connectivity index (χ4n) is 2.89. The SMILES string of the molecule is CCC(=O)N(N)c1c(C(N)=O)ccnc1C1CCCCC1. The molecule has 1 aromatic rings. The lowest BCUT2D eigenvalue weighted by atomic mass is 9.85. The van der Waals surface area contributed by atoms with Crippen LogP contribution in [0.3, 0.4) is 0 Å². The molecule has 0 atom stereocenters. The van der Waals surface area contributed by atoms with Crippen LogP contribution >= 0.6 is 0 Å². The average molecular weight is 290 g/mol. The van der Waals surface area contributed by atoms with Crippen LogP contribution in [-0.4, -0.2) is 16.8 Å². The lowest BCUT2D eigenvalue weighted by Crippen LogP contribution is -2.40. The van der Waals surface area contributed by atoms with E-state index in [-0.39, 0.29) is 23.8 Å². The zero-order chi connectivity index (χ0) is 15.4. The Balaban J connectivity index is 2.50. The van der Waals surface area contributed by atoms with Crippen LogP contribution in [-0.2, 0) is 4.79 Å². The van der Waals surface area contributed by atoms with E-state index in [0.29, 0.717) is 5.69 Å². The van der Waals surface area contributed by atoms with Crippen LogP contribution in [0.1, 0.15) is 67.4 Å². The van der Waals surface area contributed by atoms with Crippen LogP contribution in [0, 0.1) is 0 Å². The minimum absolute atomic E-state index is 0.226. The Bertz CT molecular complexity index is 538. The number of amides is 2. The zero-order valence-electron chi connectivity index (χ0n) is 12.3. The van der Waals surface area contributed by atoms with Crippen molar-refractivity contribution in [2.75, 3.05) is 5.01 Å². The van der Waals surface area contributed by atoms with Crippen molar-refractivity contribution in [3.8, 4) is 0 Å². The molecule has 2 rings (SSSR count). The molecule has 1 saturated carbocycles. The molecule has 0 radical (unpaired) electrons. The molecule has 2 amide bonds. The second-order valence-electron chi connectivity index (χ2n) is 5.41. The summed E-state index contributed by atoms with van der Waals surface area (Å²) < 4.78 is 0. The topological polar surface area (TPSA) is 102 Å². The molecule has 1 heterocycles. The van der Waals surface area contributed by atoms with Gasteiger partial charge < -0.3 is 5.73 Å². The minimum Gasteiger partial charge on any atom is -0.366 e. The van der Waals surface area contributed by atoms with Gasteiger partial charge in [0.05, 0.1) is 16.9 Å². The molecule has 114 valence electrons. The van der Waals surface area contributed by atoms with Crippen molar-refractivity contribution >= 4 is 17.5 Å². The third-order valence-corrected chi connectivity index (χ3v) is 4.02. The van der Waals surface area contributed by atoms with Crippen molar-refractivity contribution in [3.63, 3.8) is 0 Å². The summed E-state index contributed by atoms with van der Waals surface area (Å²) in [5, 5.41) is 1.04. The van der Waals surface area contributed by atoms with Gasteiger partial charge in [0.2, 0.25) is 5.91 Å². The van der Waals surface area contributed by atoms with Gasteiger partial charge in [0.1, 0.15) is 0 Å². The third kappa shape index (κ3) is 3.21. The van der Waals surface area contributed by atoms with Crippen molar-refractivity contribution in [2.45, 2.75) is 51.4 Å². The van der Waals surface area contributed by atoms with E-state index in [2.05, 4.69) is 4.98 Å². The summed E-state index contributed by atoms with van der Waals surface area (Å²) in [4.78, 5) is 28.0. The van der Waals surface area contributed by atoms with Crippen LogP contribution in [0.5, 0.6) is 0 Å². The Labute approximate surface area is 124 Å². The first kappa shape index (κ1) is 15.4.